The topological polar surface area (TPSA) is 42.8 Å². The number of methoxy groups -OCH3 is 1. The van der Waals surface area contributed by atoms with E-state index in [-0.39, 0.29) is 5.75 Å². The van der Waals surface area contributed by atoms with Gasteiger partial charge in [-0.25, -0.2) is 4.39 Å². The maximum absolute atomic E-state index is 13.4. The number of rotatable bonds is 4. The van der Waals surface area contributed by atoms with E-state index >= 15 is 0 Å². The molecule has 1 aromatic heterocycles. The van der Waals surface area contributed by atoms with E-state index in [1.54, 1.807) is 12.1 Å². The van der Waals surface area contributed by atoms with Crippen LogP contribution in [0, 0.1) is 16.5 Å². The first kappa shape index (κ1) is 13.7. The third-order valence-electron chi connectivity index (χ3n) is 2.72. The zero-order valence-electron chi connectivity index (χ0n) is 11.1. The van der Waals surface area contributed by atoms with E-state index < -0.39 is 5.82 Å². The van der Waals surface area contributed by atoms with Gasteiger partial charge in [-0.1, -0.05) is 13.8 Å². The van der Waals surface area contributed by atoms with Crippen LogP contribution in [0.2, 0.25) is 0 Å². The van der Waals surface area contributed by atoms with Crippen LogP contribution in [0.15, 0.2) is 18.2 Å². The van der Waals surface area contributed by atoms with Crippen molar-refractivity contribution in [3.8, 4) is 17.1 Å². The highest BCUT2D eigenvalue weighted by molar-refractivity contribution is 7.71. The Balaban J connectivity index is 2.50. The average molecular weight is 281 g/mol. The molecule has 1 N–H and O–H groups in total. The maximum Gasteiger partial charge on any atom is 0.195 e. The van der Waals surface area contributed by atoms with E-state index in [2.05, 4.69) is 24.0 Å². The lowest BCUT2D eigenvalue weighted by atomic mass is 10.1. The summed E-state index contributed by atoms with van der Waals surface area (Å²) in [4.78, 5) is 0. The van der Waals surface area contributed by atoms with Gasteiger partial charge in [0.15, 0.2) is 22.2 Å². The number of nitrogens with zero attached hydrogens (tertiary/aromatic N) is 2. The lowest BCUT2D eigenvalue weighted by Gasteiger charge is -2.10. The lowest BCUT2D eigenvalue weighted by molar-refractivity contribution is 0.386. The lowest BCUT2D eigenvalue weighted by Crippen LogP contribution is -2.06. The molecule has 0 amide bonds. The number of halogens is 1. The van der Waals surface area contributed by atoms with Gasteiger partial charge in [0.1, 0.15) is 0 Å². The smallest absolute Gasteiger partial charge is 0.195 e. The molecule has 19 heavy (non-hydrogen) atoms. The number of aromatic nitrogens is 3. The van der Waals surface area contributed by atoms with Crippen LogP contribution in [0.5, 0.6) is 5.75 Å². The highest BCUT2D eigenvalue weighted by Gasteiger charge is 2.12. The molecular formula is C13H16FN3OS. The molecule has 0 saturated heterocycles. The van der Waals surface area contributed by atoms with Gasteiger partial charge in [0.05, 0.1) is 7.11 Å². The molecule has 4 nitrogen and oxygen atoms in total. The van der Waals surface area contributed by atoms with Crippen LogP contribution in [0.3, 0.4) is 0 Å². The second-order valence-electron chi connectivity index (χ2n) is 4.71. The summed E-state index contributed by atoms with van der Waals surface area (Å²) in [5.41, 5.74) is 0.770. The summed E-state index contributed by atoms with van der Waals surface area (Å²) in [6, 6.07) is 4.66. The van der Waals surface area contributed by atoms with Crippen molar-refractivity contribution in [2.24, 2.45) is 5.92 Å². The number of H-pyrrole nitrogens is 1. The number of nitrogens with one attached hydrogen (secondary N) is 1. The zero-order chi connectivity index (χ0) is 14.0. The summed E-state index contributed by atoms with van der Waals surface area (Å²) >= 11 is 5.22. The van der Waals surface area contributed by atoms with Gasteiger partial charge in [-0.15, -0.1) is 0 Å². The standard InChI is InChI=1S/C13H16FN3OS/c1-8(2)7-17-12(15-16-13(17)19)9-4-5-10(14)11(6-9)18-3/h4-6,8H,7H2,1-3H3,(H,16,19). The highest BCUT2D eigenvalue weighted by atomic mass is 32.1. The first-order chi connectivity index (χ1) is 9.02. The molecule has 6 heteroatoms. The molecule has 0 aliphatic rings. The van der Waals surface area contributed by atoms with Crippen LogP contribution in [0.25, 0.3) is 11.4 Å². The van der Waals surface area contributed by atoms with Crippen molar-refractivity contribution < 1.29 is 9.13 Å². The zero-order valence-corrected chi connectivity index (χ0v) is 11.9. The van der Waals surface area contributed by atoms with Crippen molar-refractivity contribution in [1.82, 2.24) is 14.8 Å². The van der Waals surface area contributed by atoms with Crippen LogP contribution in [-0.2, 0) is 6.54 Å². The molecule has 0 unspecified atom stereocenters. The molecule has 0 aliphatic heterocycles. The van der Waals surface area contributed by atoms with Crippen molar-refractivity contribution >= 4 is 12.2 Å². The van der Waals surface area contributed by atoms with E-state index in [0.717, 1.165) is 12.1 Å². The fraction of sp³-hybridized carbons (Fsp3) is 0.385. The molecule has 1 aromatic carbocycles. The van der Waals surface area contributed by atoms with Crippen LogP contribution < -0.4 is 4.74 Å². The largest absolute Gasteiger partial charge is 0.494 e. The Kier molecular flexibility index (Phi) is 3.99. The molecular weight excluding hydrogens is 265 g/mol. The van der Waals surface area contributed by atoms with Gasteiger partial charge in [-0.3, -0.25) is 9.67 Å². The van der Waals surface area contributed by atoms with Gasteiger partial charge in [-0.05, 0) is 36.3 Å². The number of benzene rings is 1. The third kappa shape index (κ3) is 2.84. The summed E-state index contributed by atoms with van der Waals surface area (Å²) < 4.78 is 20.9. The highest BCUT2D eigenvalue weighted by Crippen LogP contribution is 2.25. The monoisotopic (exact) mass is 281 g/mol. The second kappa shape index (κ2) is 5.52. The number of aromatic amines is 1. The predicted molar refractivity (Wildman–Crippen MR) is 74.2 cm³/mol. The normalized spacial score (nSPS) is 11.0. The van der Waals surface area contributed by atoms with Gasteiger partial charge >= 0.3 is 0 Å². The van der Waals surface area contributed by atoms with Gasteiger partial charge in [0.2, 0.25) is 0 Å². The van der Waals surface area contributed by atoms with Gasteiger partial charge in [0, 0.05) is 12.1 Å². The summed E-state index contributed by atoms with van der Waals surface area (Å²) in [5, 5.41) is 6.99. The molecule has 102 valence electrons. The molecule has 0 atom stereocenters. The summed E-state index contributed by atoms with van der Waals surface area (Å²) in [6.45, 7) is 4.96. The van der Waals surface area contributed by atoms with Crippen molar-refractivity contribution in [2.75, 3.05) is 7.11 Å². The van der Waals surface area contributed by atoms with Crippen LogP contribution in [-0.4, -0.2) is 21.9 Å². The molecule has 0 spiro atoms. The van der Waals surface area contributed by atoms with E-state index in [1.165, 1.54) is 13.2 Å². The van der Waals surface area contributed by atoms with Crippen molar-refractivity contribution in [2.45, 2.75) is 20.4 Å². The molecule has 2 aromatic rings. The third-order valence-corrected chi connectivity index (χ3v) is 3.03. The second-order valence-corrected chi connectivity index (χ2v) is 5.09. The number of ether oxygens (including phenoxy) is 1. The van der Waals surface area contributed by atoms with Crippen LogP contribution in [0.4, 0.5) is 4.39 Å². The minimum Gasteiger partial charge on any atom is -0.494 e. The summed E-state index contributed by atoms with van der Waals surface area (Å²) in [5.74, 6) is 0.931. The summed E-state index contributed by atoms with van der Waals surface area (Å²) in [7, 11) is 1.44. The first-order valence-electron chi connectivity index (χ1n) is 6.02. The minimum absolute atomic E-state index is 0.197. The van der Waals surface area contributed by atoms with Crippen molar-refractivity contribution in [1.29, 1.82) is 0 Å². The van der Waals surface area contributed by atoms with Gasteiger partial charge in [0.25, 0.3) is 0 Å². The Labute approximate surface area is 116 Å². The molecule has 0 bridgehead atoms. The minimum atomic E-state index is -0.393. The SMILES string of the molecule is COc1cc(-c2n[nH]c(=S)n2CC(C)C)ccc1F. The fourth-order valence-corrected chi connectivity index (χ4v) is 2.08. The average Bonchev–Trinajstić information content (AvgIpc) is 2.71. The van der Waals surface area contributed by atoms with E-state index in [1.807, 2.05) is 4.57 Å². The van der Waals surface area contributed by atoms with Crippen molar-refractivity contribution in [3.05, 3.63) is 28.8 Å². The molecule has 1 heterocycles. The predicted octanol–water partition coefficient (Wildman–Crippen LogP) is 3.41. The fourth-order valence-electron chi connectivity index (χ4n) is 1.87. The Hall–Kier alpha value is -1.69. The Morgan fingerprint density at radius 3 is 2.84 bits per heavy atom. The number of hydrogen-bond acceptors (Lipinski definition) is 3. The van der Waals surface area contributed by atoms with Gasteiger partial charge in [-0.2, -0.15) is 5.10 Å². The van der Waals surface area contributed by atoms with E-state index in [0.29, 0.717) is 16.5 Å². The summed E-state index contributed by atoms with van der Waals surface area (Å²) in [6.07, 6.45) is 0. The Bertz CT molecular complexity index is 633. The van der Waals surface area contributed by atoms with Crippen molar-refractivity contribution in [3.63, 3.8) is 0 Å². The van der Waals surface area contributed by atoms with E-state index in [4.69, 9.17) is 17.0 Å². The molecule has 2 rings (SSSR count). The maximum atomic E-state index is 13.4. The van der Waals surface area contributed by atoms with E-state index in [9.17, 15) is 4.39 Å². The van der Waals surface area contributed by atoms with Crippen LogP contribution >= 0.6 is 12.2 Å². The Morgan fingerprint density at radius 1 is 1.47 bits per heavy atom. The molecule has 0 radical (unpaired) electrons. The van der Waals surface area contributed by atoms with Crippen LogP contribution in [0.1, 0.15) is 13.8 Å². The quantitative estimate of drug-likeness (QED) is 0.873. The first-order valence-corrected chi connectivity index (χ1v) is 6.43. The molecule has 0 saturated carbocycles. The molecule has 0 aliphatic carbocycles. The number of hydrogen-bond donors (Lipinski definition) is 1. The molecule has 0 fully saturated rings. The van der Waals surface area contributed by atoms with Gasteiger partial charge < -0.3 is 4.74 Å². The Morgan fingerprint density at radius 2 is 2.21 bits per heavy atom.